The first-order valence-corrected chi connectivity index (χ1v) is 9.22. The highest BCUT2D eigenvalue weighted by atomic mass is 19.4. The van der Waals surface area contributed by atoms with E-state index in [-0.39, 0.29) is 25.1 Å². The van der Waals surface area contributed by atoms with Crippen molar-refractivity contribution in [3.63, 3.8) is 0 Å². The van der Waals surface area contributed by atoms with Crippen LogP contribution in [0.3, 0.4) is 0 Å². The molecular formula is C21H20F4N2O3. The summed E-state index contributed by atoms with van der Waals surface area (Å²) in [6.07, 6.45) is -4.18. The molecule has 160 valence electrons. The third-order valence-electron chi connectivity index (χ3n) is 5.00. The van der Waals surface area contributed by atoms with Gasteiger partial charge in [-0.15, -0.1) is 0 Å². The lowest BCUT2D eigenvalue weighted by Gasteiger charge is -2.22. The van der Waals surface area contributed by atoms with Crippen molar-refractivity contribution in [3.8, 4) is 0 Å². The molecule has 30 heavy (non-hydrogen) atoms. The van der Waals surface area contributed by atoms with Gasteiger partial charge in [0.25, 0.3) is 5.91 Å². The number of rotatable bonds is 5. The Morgan fingerprint density at radius 2 is 1.80 bits per heavy atom. The van der Waals surface area contributed by atoms with Crippen molar-refractivity contribution >= 4 is 11.9 Å². The van der Waals surface area contributed by atoms with E-state index in [0.29, 0.717) is 5.56 Å². The first-order valence-electron chi connectivity index (χ1n) is 9.22. The second kappa shape index (κ2) is 8.83. The number of ether oxygens (including phenoxy) is 1. The molecule has 3 rings (SSSR count). The summed E-state index contributed by atoms with van der Waals surface area (Å²) >= 11 is 0. The molecule has 1 fully saturated rings. The van der Waals surface area contributed by atoms with E-state index in [0.717, 1.165) is 12.1 Å². The zero-order chi connectivity index (χ0) is 21.9. The lowest BCUT2D eigenvalue weighted by molar-refractivity contribution is -0.146. The number of hydrogen-bond acceptors (Lipinski definition) is 4. The molecular weight excluding hydrogens is 404 g/mol. The summed E-state index contributed by atoms with van der Waals surface area (Å²) in [6.45, 7) is 0.463. The van der Waals surface area contributed by atoms with E-state index in [9.17, 15) is 27.2 Å². The Bertz CT molecular complexity index is 915. The molecule has 0 radical (unpaired) electrons. The average Bonchev–Trinajstić information content (AvgIpc) is 3.09. The molecule has 0 aliphatic carbocycles. The minimum absolute atomic E-state index is 0.103. The van der Waals surface area contributed by atoms with Crippen LogP contribution in [0.2, 0.25) is 0 Å². The van der Waals surface area contributed by atoms with Crippen molar-refractivity contribution in [2.75, 3.05) is 13.7 Å². The third kappa shape index (κ3) is 4.96. The fourth-order valence-electron chi connectivity index (χ4n) is 3.51. The highest BCUT2D eigenvalue weighted by Gasteiger charge is 2.38. The number of nitrogens with zero attached hydrogens (tertiary/aromatic N) is 1. The smallest absolute Gasteiger partial charge is 0.416 e. The normalized spacial score (nSPS) is 19.5. The van der Waals surface area contributed by atoms with Gasteiger partial charge in [0, 0.05) is 19.1 Å². The fraction of sp³-hybridized carbons (Fsp3) is 0.333. The number of hydrogen-bond donors (Lipinski definition) is 1. The van der Waals surface area contributed by atoms with Crippen LogP contribution < -0.4 is 5.32 Å². The molecule has 1 aliphatic rings. The predicted octanol–water partition coefficient (Wildman–Crippen LogP) is 3.39. The Kier molecular flexibility index (Phi) is 6.40. The monoisotopic (exact) mass is 424 g/mol. The van der Waals surface area contributed by atoms with Crippen LogP contribution in [0.1, 0.15) is 27.9 Å². The number of amides is 1. The van der Waals surface area contributed by atoms with Crippen molar-refractivity contribution in [3.05, 3.63) is 71.0 Å². The van der Waals surface area contributed by atoms with E-state index in [1.807, 2.05) is 0 Å². The number of methoxy groups -OCH3 is 1. The van der Waals surface area contributed by atoms with Gasteiger partial charge in [0.2, 0.25) is 0 Å². The molecule has 0 bridgehead atoms. The first kappa shape index (κ1) is 21.8. The summed E-state index contributed by atoms with van der Waals surface area (Å²) in [4.78, 5) is 26.3. The number of carbonyl (C=O) groups is 2. The Hall–Kier alpha value is -2.94. The van der Waals surface area contributed by atoms with Gasteiger partial charge in [0.1, 0.15) is 11.9 Å². The molecule has 2 aromatic rings. The molecule has 1 aliphatic heterocycles. The van der Waals surface area contributed by atoms with E-state index < -0.39 is 41.5 Å². The van der Waals surface area contributed by atoms with Gasteiger partial charge in [-0.1, -0.05) is 24.3 Å². The standard InChI is InChI=1S/C21H20F4N2O3/c1-30-20(29)18-10-15(26-19(28)16-4-2-3-5-17(16)22)12-27(18)11-13-6-8-14(9-7-13)21(23,24)25/h2-9,15,18H,10-12H2,1H3,(H,26,28)/t15-,18-/m0/s1. The van der Waals surface area contributed by atoms with E-state index in [1.54, 1.807) is 11.0 Å². The highest BCUT2D eigenvalue weighted by molar-refractivity contribution is 5.94. The maximum atomic E-state index is 13.8. The van der Waals surface area contributed by atoms with E-state index in [2.05, 4.69) is 5.32 Å². The summed E-state index contributed by atoms with van der Waals surface area (Å²) in [6, 6.07) is 9.09. The first-order chi connectivity index (χ1) is 14.2. The molecule has 0 aromatic heterocycles. The van der Waals surface area contributed by atoms with Gasteiger partial charge in [-0.2, -0.15) is 13.2 Å². The molecule has 2 aromatic carbocycles. The van der Waals surface area contributed by atoms with E-state index in [1.165, 1.54) is 37.4 Å². The van der Waals surface area contributed by atoms with Crippen LogP contribution in [0.15, 0.2) is 48.5 Å². The molecule has 1 heterocycles. The minimum atomic E-state index is -4.43. The van der Waals surface area contributed by atoms with Crippen molar-refractivity contribution in [2.45, 2.75) is 31.2 Å². The number of halogens is 4. The van der Waals surface area contributed by atoms with Gasteiger partial charge in [-0.25, -0.2) is 4.39 Å². The number of alkyl halides is 3. The number of esters is 1. The van der Waals surface area contributed by atoms with E-state index >= 15 is 0 Å². The number of likely N-dealkylation sites (tertiary alicyclic amines) is 1. The fourth-order valence-corrected chi connectivity index (χ4v) is 3.51. The largest absolute Gasteiger partial charge is 0.468 e. The molecule has 2 atom stereocenters. The third-order valence-corrected chi connectivity index (χ3v) is 5.00. The molecule has 1 N–H and O–H groups in total. The molecule has 9 heteroatoms. The topological polar surface area (TPSA) is 58.6 Å². The minimum Gasteiger partial charge on any atom is -0.468 e. The van der Waals surface area contributed by atoms with Crippen LogP contribution in [-0.2, 0) is 22.3 Å². The zero-order valence-corrected chi connectivity index (χ0v) is 16.1. The Morgan fingerprint density at radius 3 is 2.40 bits per heavy atom. The maximum Gasteiger partial charge on any atom is 0.416 e. The van der Waals surface area contributed by atoms with Crippen LogP contribution in [0.5, 0.6) is 0 Å². The zero-order valence-electron chi connectivity index (χ0n) is 16.1. The van der Waals surface area contributed by atoms with Gasteiger partial charge in [-0.05, 0) is 36.2 Å². The van der Waals surface area contributed by atoms with Crippen molar-refractivity contribution in [2.24, 2.45) is 0 Å². The van der Waals surface area contributed by atoms with E-state index in [4.69, 9.17) is 4.74 Å². The molecule has 0 spiro atoms. The average molecular weight is 424 g/mol. The predicted molar refractivity (Wildman–Crippen MR) is 99.9 cm³/mol. The van der Waals surface area contributed by atoms with Gasteiger partial charge < -0.3 is 10.1 Å². The van der Waals surface area contributed by atoms with Gasteiger partial charge in [-0.3, -0.25) is 14.5 Å². The van der Waals surface area contributed by atoms with Crippen LogP contribution in [0, 0.1) is 5.82 Å². The summed E-state index contributed by atoms with van der Waals surface area (Å²) in [5, 5.41) is 2.71. The maximum absolute atomic E-state index is 13.8. The second-order valence-corrected chi connectivity index (χ2v) is 7.05. The van der Waals surface area contributed by atoms with Crippen LogP contribution >= 0.6 is 0 Å². The Morgan fingerprint density at radius 1 is 1.13 bits per heavy atom. The van der Waals surface area contributed by atoms with Crippen molar-refractivity contribution < 1.29 is 31.9 Å². The van der Waals surface area contributed by atoms with Gasteiger partial charge in [0.15, 0.2) is 0 Å². The SMILES string of the molecule is COC(=O)[C@@H]1C[C@H](NC(=O)c2ccccc2F)CN1Cc1ccc(C(F)(F)F)cc1. The number of carbonyl (C=O) groups excluding carboxylic acids is 2. The second-order valence-electron chi connectivity index (χ2n) is 7.05. The van der Waals surface area contributed by atoms with Gasteiger partial charge >= 0.3 is 12.1 Å². The number of nitrogens with one attached hydrogen (secondary N) is 1. The Labute approximate surface area is 170 Å². The van der Waals surface area contributed by atoms with Crippen LogP contribution in [0.4, 0.5) is 17.6 Å². The number of benzene rings is 2. The molecule has 0 saturated carbocycles. The van der Waals surface area contributed by atoms with Gasteiger partial charge in [0.05, 0.1) is 18.2 Å². The summed E-state index contributed by atoms with van der Waals surface area (Å²) in [7, 11) is 1.24. The molecule has 1 saturated heterocycles. The summed E-state index contributed by atoms with van der Waals surface area (Å²) in [5.74, 6) is -1.76. The Balaban J connectivity index is 1.71. The van der Waals surface area contributed by atoms with Crippen molar-refractivity contribution in [1.29, 1.82) is 0 Å². The summed E-state index contributed by atoms with van der Waals surface area (Å²) in [5.41, 5.74) is -0.279. The molecule has 5 nitrogen and oxygen atoms in total. The van der Waals surface area contributed by atoms with Crippen LogP contribution in [0.25, 0.3) is 0 Å². The molecule has 1 amide bonds. The lowest BCUT2D eigenvalue weighted by atomic mass is 10.1. The van der Waals surface area contributed by atoms with Crippen LogP contribution in [-0.4, -0.2) is 42.5 Å². The molecule has 0 unspecified atom stereocenters. The quantitative estimate of drug-likeness (QED) is 0.591. The summed E-state index contributed by atoms with van der Waals surface area (Å²) < 4.78 is 56.9. The lowest BCUT2D eigenvalue weighted by Crippen LogP contribution is -2.38. The van der Waals surface area contributed by atoms with Crippen molar-refractivity contribution in [1.82, 2.24) is 10.2 Å². The highest BCUT2D eigenvalue weighted by Crippen LogP contribution is 2.30.